The molecule has 6 nitrogen and oxygen atoms in total. The Morgan fingerprint density at radius 1 is 1.15 bits per heavy atom. The molecule has 3 rings (SSSR count). The SMILES string of the molecule is CN=C(NCCN1C(=O)CCCC1=O)NCC1(Sc2ccccc2)CC1.I. The topological polar surface area (TPSA) is 73.8 Å². The summed E-state index contributed by atoms with van der Waals surface area (Å²) in [7, 11) is 1.73. The van der Waals surface area contributed by atoms with E-state index in [-0.39, 0.29) is 40.5 Å². The van der Waals surface area contributed by atoms with Gasteiger partial charge < -0.3 is 10.6 Å². The van der Waals surface area contributed by atoms with Gasteiger partial charge in [0, 0.05) is 49.2 Å². The average molecular weight is 502 g/mol. The number of imide groups is 1. The van der Waals surface area contributed by atoms with Crippen LogP contribution >= 0.6 is 35.7 Å². The Labute approximate surface area is 182 Å². The summed E-state index contributed by atoms with van der Waals surface area (Å²) >= 11 is 1.91. The minimum atomic E-state index is -0.0674. The number of piperidine rings is 1. The van der Waals surface area contributed by atoms with Crippen molar-refractivity contribution in [2.24, 2.45) is 4.99 Å². The van der Waals surface area contributed by atoms with Crippen LogP contribution in [0.2, 0.25) is 0 Å². The number of thioether (sulfide) groups is 1. The van der Waals surface area contributed by atoms with Gasteiger partial charge in [-0.15, -0.1) is 35.7 Å². The molecule has 1 aliphatic carbocycles. The highest BCUT2D eigenvalue weighted by molar-refractivity contribution is 14.0. The number of guanidine groups is 1. The Morgan fingerprint density at radius 3 is 2.41 bits per heavy atom. The first-order chi connectivity index (χ1) is 12.6. The van der Waals surface area contributed by atoms with Crippen LogP contribution in [0.3, 0.4) is 0 Å². The number of likely N-dealkylation sites (tertiary alicyclic amines) is 1. The summed E-state index contributed by atoms with van der Waals surface area (Å²) in [5.74, 6) is 0.575. The molecule has 1 saturated carbocycles. The number of carbonyl (C=O) groups is 2. The van der Waals surface area contributed by atoms with Crippen LogP contribution in [0.15, 0.2) is 40.2 Å². The number of benzene rings is 1. The Morgan fingerprint density at radius 2 is 1.81 bits per heavy atom. The molecule has 2 fully saturated rings. The molecule has 1 aliphatic heterocycles. The molecule has 1 saturated heterocycles. The lowest BCUT2D eigenvalue weighted by Crippen LogP contribution is -2.47. The zero-order chi connectivity index (χ0) is 18.4. The fourth-order valence-corrected chi connectivity index (χ4v) is 4.24. The maximum absolute atomic E-state index is 11.8. The van der Waals surface area contributed by atoms with E-state index in [2.05, 4.69) is 39.9 Å². The second-order valence-electron chi connectivity index (χ2n) is 6.74. The fourth-order valence-electron chi connectivity index (χ4n) is 2.99. The molecule has 27 heavy (non-hydrogen) atoms. The van der Waals surface area contributed by atoms with Gasteiger partial charge in [-0.2, -0.15) is 0 Å². The lowest BCUT2D eigenvalue weighted by atomic mass is 10.1. The van der Waals surface area contributed by atoms with Gasteiger partial charge in [-0.25, -0.2) is 0 Å². The second kappa shape index (κ2) is 10.3. The van der Waals surface area contributed by atoms with E-state index in [0.717, 1.165) is 6.54 Å². The number of amides is 2. The van der Waals surface area contributed by atoms with E-state index < -0.39 is 0 Å². The monoisotopic (exact) mass is 502 g/mol. The number of nitrogens with zero attached hydrogens (tertiary/aromatic N) is 2. The van der Waals surface area contributed by atoms with Crippen molar-refractivity contribution in [2.45, 2.75) is 41.7 Å². The van der Waals surface area contributed by atoms with E-state index >= 15 is 0 Å². The molecule has 0 unspecified atom stereocenters. The predicted octanol–water partition coefficient (Wildman–Crippen LogP) is 2.63. The van der Waals surface area contributed by atoms with Crippen molar-refractivity contribution in [3.05, 3.63) is 30.3 Å². The minimum Gasteiger partial charge on any atom is -0.355 e. The molecule has 2 aliphatic rings. The van der Waals surface area contributed by atoms with Crippen molar-refractivity contribution in [1.82, 2.24) is 15.5 Å². The van der Waals surface area contributed by atoms with Crippen LogP contribution in [0.4, 0.5) is 0 Å². The van der Waals surface area contributed by atoms with E-state index in [0.29, 0.717) is 38.3 Å². The van der Waals surface area contributed by atoms with Crippen LogP contribution in [0.5, 0.6) is 0 Å². The Bertz CT molecular complexity index is 664. The molecule has 2 N–H and O–H groups in total. The second-order valence-corrected chi connectivity index (χ2v) is 8.28. The van der Waals surface area contributed by atoms with E-state index in [1.54, 1.807) is 7.05 Å². The van der Waals surface area contributed by atoms with Crippen LogP contribution in [-0.2, 0) is 9.59 Å². The standard InChI is InChI=1S/C19H26N4O2S.HI/c1-20-18(21-12-13-23-16(24)8-5-9-17(23)25)22-14-19(10-11-19)26-15-6-3-2-4-7-15;/h2-4,6-7H,5,8-14H2,1H3,(H2,20,21,22);1H. The van der Waals surface area contributed by atoms with Crippen molar-refractivity contribution < 1.29 is 9.59 Å². The van der Waals surface area contributed by atoms with Crippen LogP contribution in [0, 0.1) is 0 Å². The van der Waals surface area contributed by atoms with E-state index in [4.69, 9.17) is 0 Å². The van der Waals surface area contributed by atoms with Crippen LogP contribution in [0.25, 0.3) is 0 Å². The molecule has 1 aromatic rings. The van der Waals surface area contributed by atoms with E-state index in [1.807, 2.05) is 17.8 Å². The minimum absolute atomic E-state index is 0. The van der Waals surface area contributed by atoms with Crippen molar-refractivity contribution in [3.8, 4) is 0 Å². The first-order valence-corrected chi connectivity index (χ1v) is 9.95. The number of aliphatic imine (C=N–C) groups is 1. The molecule has 148 valence electrons. The quantitative estimate of drug-likeness (QED) is 0.260. The summed E-state index contributed by atoms with van der Waals surface area (Å²) in [6.45, 7) is 1.74. The number of rotatable bonds is 7. The highest BCUT2D eigenvalue weighted by atomic mass is 127. The molecule has 1 aromatic carbocycles. The number of nitrogens with one attached hydrogen (secondary N) is 2. The maximum Gasteiger partial charge on any atom is 0.229 e. The number of hydrogen-bond acceptors (Lipinski definition) is 4. The molecule has 0 atom stereocenters. The largest absolute Gasteiger partial charge is 0.355 e. The molecule has 2 amide bonds. The zero-order valence-corrected chi connectivity index (χ0v) is 18.7. The third kappa shape index (κ3) is 6.38. The van der Waals surface area contributed by atoms with Crippen LogP contribution in [0.1, 0.15) is 32.1 Å². The summed E-state index contributed by atoms with van der Waals surface area (Å²) in [5, 5.41) is 6.59. The summed E-state index contributed by atoms with van der Waals surface area (Å²) in [4.78, 5) is 30.5. The molecule has 8 heteroatoms. The van der Waals surface area contributed by atoms with Crippen molar-refractivity contribution in [1.29, 1.82) is 0 Å². The Hall–Kier alpha value is -1.29. The van der Waals surface area contributed by atoms with Crippen LogP contribution in [-0.4, -0.2) is 54.1 Å². The molecule has 0 aromatic heterocycles. The molecule has 0 spiro atoms. The third-order valence-electron chi connectivity index (χ3n) is 4.70. The van der Waals surface area contributed by atoms with Gasteiger partial charge in [0.25, 0.3) is 0 Å². The third-order valence-corrected chi connectivity index (χ3v) is 6.19. The fraction of sp³-hybridized carbons (Fsp3) is 0.526. The highest BCUT2D eigenvalue weighted by Gasteiger charge is 2.43. The lowest BCUT2D eigenvalue weighted by Gasteiger charge is -2.25. The summed E-state index contributed by atoms with van der Waals surface area (Å²) in [6, 6.07) is 10.4. The normalized spacial score (nSPS) is 18.7. The van der Waals surface area contributed by atoms with Gasteiger partial charge in [-0.3, -0.25) is 19.5 Å². The summed E-state index contributed by atoms with van der Waals surface area (Å²) < 4.78 is 0.234. The van der Waals surface area contributed by atoms with Gasteiger partial charge in [0.05, 0.1) is 0 Å². The summed E-state index contributed by atoms with van der Waals surface area (Å²) in [5.41, 5.74) is 0. The Kier molecular flexibility index (Phi) is 8.40. The lowest BCUT2D eigenvalue weighted by molar-refractivity contribution is -0.147. The predicted molar refractivity (Wildman–Crippen MR) is 120 cm³/mol. The average Bonchev–Trinajstić information content (AvgIpc) is 3.40. The molecule has 0 radical (unpaired) electrons. The van der Waals surface area contributed by atoms with Gasteiger partial charge in [-0.1, -0.05) is 18.2 Å². The number of hydrogen-bond donors (Lipinski definition) is 2. The van der Waals surface area contributed by atoms with Gasteiger partial charge in [-0.05, 0) is 31.4 Å². The molecule has 1 heterocycles. The first-order valence-electron chi connectivity index (χ1n) is 9.14. The molecular weight excluding hydrogens is 475 g/mol. The molecule has 0 bridgehead atoms. The van der Waals surface area contributed by atoms with Gasteiger partial charge in [0.2, 0.25) is 11.8 Å². The number of carbonyl (C=O) groups excluding carboxylic acids is 2. The first kappa shape index (κ1) is 22.0. The van der Waals surface area contributed by atoms with E-state index in [1.165, 1.54) is 22.6 Å². The van der Waals surface area contributed by atoms with Gasteiger partial charge in [0.15, 0.2) is 5.96 Å². The van der Waals surface area contributed by atoms with Crippen molar-refractivity contribution in [2.75, 3.05) is 26.7 Å². The maximum atomic E-state index is 11.8. The smallest absolute Gasteiger partial charge is 0.229 e. The zero-order valence-electron chi connectivity index (χ0n) is 15.6. The van der Waals surface area contributed by atoms with E-state index in [9.17, 15) is 9.59 Å². The van der Waals surface area contributed by atoms with Gasteiger partial charge in [0.1, 0.15) is 0 Å². The Balaban J connectivity index is 0.00000261. The van der Waals surface area contributed by atoms with Crippen molar-refractivity contribution >= 4 is 53.5 Å². The highest BCUT2D eigenvalue weighted by Crippen LogP contribution is 2.51. The van der Waals surface area contributed by atoms with Gasteiger partial charge >= 0.3 is 0 Å². The summed E-state index contributed by atoms with van der Waals surface area (Å²) in [6.07, 6.45) is 3.99. The molecular formula is C19H27IN4O2S. The number of halogens is 1. The van der Waals surface area contributed by atoms with Crippen LogP contribution < -0.4 is 10.6 Å². The van der Waals surface area contributed by atoms with Crippen molar-refractivity contribution in [3.63, 3.8) is 0 Å².